The van der Waals surface area contributed by atoms with E-state index in [1.165, 1.54) is 12.1 Å². The van der Waals surface area contributed by atoms with Crippen molar-refractivity contribution < 1.29 is 22.7 Å². The zero-order valence-electron chi connectivity index (χ0n) is 12.0. The number of aromatic nitrogens is 1. The first-order valence-electron chi connectivity index (χ1n) is 6.58. The van der Waals surface area contributed by atoms with Gasteiger partial charge in [0.2, 0.25) is 0 Å². The summed E-state index contributed by atoms with van der Waals surface area (Å²) in [7, 11) is 0. The van der Waals surface area contributed by atoms with Crippen molar-refractivity contribution in [2.24, 2.45) is 0 Å². The van der Waals surface area contributed by atoms with Gasteiger partial charge in [0.15, 0.2) is 0 Å². The summed E-state index contributed by atoms with van der Waals surface area (Å²) in [5, 5.41) is 2.63. The number of amides is 1. The summed E-state index contributed by atoms with van der Waals surface area (Å²) in [5.41, 5.74) is -2.26. The van der Waals surface area contributed by atoms with Gasteiger partial charge in [-0.25, -0.2) is 9.78 Å². The van der Waals surface area contributed by atoms with Crippen LogP contribution in [0.4, 0.5) is 18.0 Å². The Kier molecular flexibility index (Phi) is 3.63. The second-order valence-corrected chi connectivity index (χ2v) is 6.11. The van der Waals surface area contributed by atoms with Crippen molar-refractivity contribution in [3.05, 3.63) is 29.6 Å². The van der Waals surface area contributed by atoms with Crippen molar-refractivity contribution in [1.29, 1.82) is 0 Å². The van der Waals surface area contributed by atoms with E-state index in [1.807, 2.05) is 0 Å². The Hall–Kier alpha value is -1.79. The molecule has 2 rings (SSSR count). The first kappa shape index (κ1) is 15.6. The number of halogens is 3. The largest absolute Gasteiger partial charge is 0.444 e. The minimum absolute atomic E-state index is 0.211. The van der Waals surface area contributed by atoms with Crippen molar-refractivity contribution in [1.82, 2.24) is 10.3 Å². The maximum atomic E-state index is 12.7. The molecule has 0 aromatic carbocycles. The molecule has 1 aliphatic rings. The monoisotopic (exact) mass is 302 g/mol. The number of hydrogen-bond acceptors (Lipinski definition) is 3. The van der Waals surface area contributed by atoms with Crippen molar-refractivity contribution in [3.63, 3.8) is 0 Å². The molecule has 1 aromatic heterocycles. The second-order valence-electron chi connectivity index (χ2n) is 6.11. The predicted octanol–water partition coefficient (Wildman–Crippen LogP) is 3.61. The minimum Gasteiger partial charge on any atom is -0.444 e. The lowest BCUT2D eigenvalue weighted by molar-refractivity contribution is -0.141. The molecule has 0 atom stereocenters. The topological polar surface area (TPSA) is 51.2 Å². The molecular weight excluding hydrogens is 285 g/mol. The highest BCUT2D eigenvalue weighted by atomic mass is 19.4. The fourth-order valence-electron chi connectivity index (χ4n) is 1.93. The molecule has 0 radical (unpaired) electrons. The van der Waals surface area contributed by atoms with Crippen LogP contribution in [0.3, 0.4) is 0 Å². The van der Waals surface area contributed by atoms with Gasteiger partial charge in [0.1, 0.15) is 11.3 Å². The summed E-state index contributed by atoms with van der Waals surface area (Å²) in [5.74, 6) is 0. The molecule has 7 heteroatoms. The summed E-state index contributed by atoms with van der Waals surface area (Å²) in [4.78, 5) is 15.4. The molecule has 21 heavy (non-hydrogen) atoms. The number of alkyl carbamates (subject to hydrolysis) is 1. The molecule has 0 bridgehead atoms. The Morgan fingerprint density at radius 2 is 1.90 bits per heavy atom. The van der Waals surface area contributed by atoms with E-state index >= 15 is 0 Å². The zero-order chi connectivity index (χ0) is 15.9. The molecule has 0 unspecified atom stereocenters. The number of carbonyl (C=O) groups excluding carboxylic acids is 1. The van der Waals surface area contributed by atoms with E-state index in [0.717, 1.165) is 6.07 Å². The molecule has 0 saturated heterocycles. The standard InChI is InChI=1S/C14H17F3N2O2/c1-12(2,3)21-11(20)19-13(7-8-13)9-5-4-6-10(18-9)14(15,16)17/h4-6H,7-8H2,1-3H3,(H,19,20). The molecule has 0 spiro atoms. The van der Waals surface area contributed by atoms with E-state index in [-0.39, 0.29) is 5.69 Å². The summed E-state index contributed by atoms with van der Waals surface area (Å²) in [6.45, 7) is 5.15. The Labute approximate surface area is 120 Å². The maximum Gasteiger partial charge on any atom is 0.433 e. The number of hydrogen-bond donors (Lipinski definition) is 1. The quantitative estimate of drug-likeness (QED) is 0.908. The van der Waals surface area contributed by atoms with Gasteiger partial charge in [-0.15, -0.1) is 0 Å². The lowest BCUT2D eigenvalue weighted by Gasteiger charge is -2.23. The van der Waals surface area contributed by atoms with E-state index in [0.29, 0.717) is 12.8 Å². The smallest absolute Gasteiger partial charge is 0.433 e. The average molecular weight is 302 g/mol. The van der Waals surface area contributed by atoms with Crippen LogP contribution in [0.1, 0.15) is 45.0 Å². The lowest BCUT2D eigenvalue weighted by atomic mass is 10.1. The Bertz CT molecular complexity index is 546. The van der Waals surface area contributed by atoms with Crippen molar-refractivity contribution in [2.45, 2.75) is 50.9 Å². The third-order valence-electron chi connectivity index (χ3n) is 3.02. The van der Waals surface area contributed by atoms with Crippen molar-refractivity contribution in [2.75, 3.05) is 0 Å². The SMILES string of the molecule is CC(C)(C)OC(=O)NC1(c2cccc(C(F)(F)F)n2)CC1. The van der Waals surface area contributed by atoms with Gasteiger partial charge in [-0.3, -0.25) is 0 Å². The summed E-state index contributed by atoms with van der Waals surface area (Å²) in [6, 6.07) is 3.69. The molecule has 1 aromatic rings. The number of pyridine rings is 1. The molecule has 1 aliphatic carbocycles. The summed E-state index contributed by atoms with van der Waals surface area (Å²) in [6.07, 6.45) is -4.07. The normalized spacial score (nSPS) is 17.2. The molecule has 1 amide bonds. The predicted molar refractivity (Wildman–Crippen MR) is 69.5 cm³/mol. The third kappa shape index (κ3) is 3.86. The number of rotatable bonds is 2. The van der Waals surface area contributed by atoms with Gasteiger partial charge in [0.25, 0.3) is 0 Å². The van der Waals surface area contributed by atoms with Crippen molar-refractivity contribution >= 4 is 6.09 Å². The first-order valence-corrected chi connectivity index (χ1v) is 6.58. The average Bonchev–Trinajstić information content (AvgIpc) is 3.06. The number of ether oxygens (including phenoxy) is 1. The molecule has 1 saturated carbocycles. The second kappa shape index (κ2) is 4.89. The fraction of sp³-hybridized carbons (Fsp3) is 0.571. The highest BCUT2D eigenvalue weighted by Crippen LogP contribution is 2.45. The van der Waals surface area contributed by atoms with Gasteiger partial charge < -0.3 is 10.1 Å². The number of nitrogens with one attached hydrogen (secondary N) is 1. The van der Waals surface area contributed by atoms with Gasteiger partial charge in [0, 0.05) is 0 Å². The Morgan fingerprint density at radius 3 is 2.38 bits per heavy atom. The Morgan fingerprint density at radius 1 is 1.29 bits per heavy atom. The van der Waals surface area contributed by atoms with Gasteiger partial charge in [-0.2, -0.15) is 13.2 Å². The number of nitrogens with zero attached hydrogens (tertiary/aromatic N) is 1. The highest BCUT2D eigenvalue weighted by Gasteiger charge is 2.48. The molecule has 116 valence electrons. The van der Waals surface area contributed by atoms with Crippen LogP contribution in [0.15, 0.2) is 18.2 Å². The molecular formula is C14H17F3N2O2. The minimum atomic E-state index is -4.50. The van der Waals surface area contributed by atoms with E-state index in [1.54, 1.807) is 20.8 Å². The van der Waals surface area contributed by atoms with Crippen LogP contribution in [0.2, 0.25) is 0 Å². The Balaban J connectivity index is 2.16. The zero-order valence-corrected chi connectivity index (χ0v) is 12.0. The first-order chi connectivity index (χ1) is 9.52. The van der Waals surface area contributed by atoms with Crippen LogP contribution in [0.5, 0.6) is 0 Å². The fourth-order valence-corrected chi connectivity index (χ4v) is 1.93. The number of carbonyl (C=O) groups is 1. The van der Waals surface area contributed by atoms with Crippen LogP contribution in [-0.2, 0) is 16.5 Å². The van der Waals surface area contributed by atoms with Crippen LogP contribution >= 0.6 is 0 Å². The van der Waals surface area contributed by atoms with Gasteiger partial charge in [-0.05, 0) is 45.7 Å². The molecule has 0 aliphatic heterocycles. The van der Waals surface area contributed by atoms with Crippen LogP contribution in [0, 0.1) is 0 Å². The highest BCUT2D eigenvalue weighted by molar-refractivity contribution is 5.69. The summed E-state index contributed by atoms with van der Waals surface area (Å²) >= 11 is 0. The third-order valence-corrected chi connectivity index (χ3v) is 3.02. The van der Waals surface area contributed by atoms with Crippen LogP contribution < -0.4 is 5.32 Å². The lowest BCUT2D eigenvalue weighted by Crippen LogP contribution is -2.39. The van der Waals surface area contributed by atoms with E-state index in [2.05, 4.69) is 10.3 Å². The molecule has 1 heterocycles. The number of alkyl halides is 3. The van der Waals surface area contributed by atoms with E-state index in [4.69, 9.17) is 4.74 Å². The molecule has 4 nitrogen and oxygen atoms in total. The maximum absolute atomic E-state index is 12.7. The van der Waals surface area contributed by atoms with Crippen LogP contribution in [-0.4, -0.2) is 16.7 Å². The van der Waals surface area contributed by atoms with E-state index < -0.39 is 29.1 Å². The van der Waals surface area contributed by atoms with E-state index in [9.17, 15) is 18.0 Å². The van der Waals surface area contributed by atoms with Gasteiger partial charge in [0.05, 0.1) is 11.2 Å². The molecule has 1 N–H and O–H groups in total. The van der Waals surface area contributed by atoms with Crippen molar-refractivity contribution in [3.8, 4) is 0 Å². The summed E-state index contributed by atoms with van der Waals surface area (Å²) < 4.78 is 43.2. The van der Waals surface area contributed by atoms with Crippen LogP contribution in [0.25, 0.3) is 0 Å². The van der Waals surface area contributed by atoms with Gasteiger partial charge in [-0.1, -0.05) is 6.07 Å². The molecule has 1 fully saturated rings. The van der Waals surface area contributed by atoms with Gasteiger partial charge >= 0.3 is 12.3 Å².